The highest BCUT2D eigenvalue weighted by atomic mass is 16.4. The van der Waals surface area contributed by atoms with E-state index in [-0.39, 0.29) is 25.3 Å². The highest BCUT2D eigenvalue weighted by Gasteiger charge is 2.39. The van der Waals surface area contributed by atoms with Crippen molar-refractivity contribution in [2.45, 2.75) is 70.1 Å². The van der Waals surface area contributed by atoms with E-state index in [0.717, 1.165) is 5.56 Å². The standard InChI is InChI=1S/C24H34N4O7/c1-14(2)11-17(26-21(31)16(25)13-20(29)30)23(33)28-10-6-9-19(28)22(32)27-18(24(34)35)12-15-7-4-3-5-8-15/h3-5,7-8,14,16-19H,6,9-13,25H2,1-2H3,(H,26,31)(H,27,32)(H,29,30)(H,34,35). The Morgan fingerprint density at radius 2 is 1.71 bits per heavy atom. The molecule has 192 valence electrons. The second-order valence-electron chi connectivity index (χ2n) is 9.17. The number of aliphatic carboxylic acids is 2. The second-order valence-corrected chi connectivity index (χ2v) is 9.17. The number of nitrogens with one attached hydrogen (secondary N) is 2. The van der Waals surface area contributed by atoms with E-state index in [0.29, 0.717) is 12.8 Å². The van der Waals surface area contributed by atoms with E-state index in [1.807, 2.05) is 13.8 Å². The minimum atomic E-state index is -1.32. The minimum absolute atomic E-state index is 0.0112. The molecule has 0 bridgehead atoms. The summed E-state index contributed by atoms with van der Waals surface area (Å²) in [5.74, 6) is -4.23. The molecule has 35 heavy (non-hydrogen) atoms. The summed E-state index contributed by atoms with van der Waals surface area (Å²) in [4.78, 5) is 62.7. The average molecular weight is 491 g/mol. The molecule has 1 saturated heterocycles. The highest BCUT2D eigenvalue weighted by molar-refractivity contribution is 5.95. The Morgan fingerprint density at radius 1 is 1.06 bits per heavy atom. The molecule has 0 spiro atoms. The summed E-state index contributed by atoms with van der Waals surface area (Å²) >= 11 is 0. The van der Waals surface area contributed by atoms with Crippen LogP contribution >= 0.6 is 0 Å². The molecule has 2 rings (SSSR count). The smallest absolute Gasteiger partial charge is 0.326 e. The molecule has 1 aromatic carbocycles. The molecule has 6 N–H and O–H groups in total. The first-order chi connectivity index (χ1) is 16.5. The summed E-state index contributed by atoms with van der Waals surface area (Å²) in [5.41, 5.74) is 6.38. The number of hydrogen-bond donors (Lipinski definition) is 5. The van der Waals surface area contributed by atoms with Gasteiger partial charge in [-0.05, 0) is 30.7 Å². The lowest BCUT2D eigenvalue weighted by atomic mass is 10.0. The molecule has 4 unspecified atom stereocenters. The van der Waals surface area contributed by atoms with Crippen molar-refractivity contribution in [3.05, 3.63) is 35.9 Å². The summed E-state index contributed by atoms with van der Waals surface area (Å²) in [6.07, 6.45) is 0.676. The van der Waals surface area contributed by atoms with Crippen LogP contribution in [0.1, 0.15) is 45.1 Å². The first-order valence-electron chi connectivity index (χ1n) is 11.6. The van der Waals surface area contributed by atoms with E-state index < -0.39 is 60.2 Å². The van der Waals surface area contributed by atoms with Crippen LogP contribution in [0, 0.1) is 5.92 Å². The summed E-state index contributed by atoms with van der Waals surface area (Å²) in [6, 6.07) is 4.54. The van der Waals surface area contributed by atoms with Crippen LogP contribution in [-0.4, -0.2) is 75.5 Å². The summed E-state index contributed by atoms with van der Waals surface area (Å²) in [7, 11) is 0. The number of carbonyl (C=O) groups excluding carboxylic acids is 3. The van der Waals surface area contributed by atoms with Crippen molar-refractivity contribution in [3.8, 4) is 0 Å². The fraction of sp³-hybridized carbons (Fsp3) is 0.542. The van der Waals surface area contributed by atoms with Gasteiger partial charge in [0.15, 0.2) is 0 Å². The molecule has 1 heterocycles. The van der Waals surface area contributed by atoms with E-state index >= 15 is 0 Å². The molecular formula is C24H34N4O7. The number of amides is 3. The SMILES string of the molecule is CC(C)CC(NC(=O)C(N)CC(=O)O)C(=O)N1CCCC1C(=O)NC(Cc1ccccc1)C(=O)O. The van der Waals surface area contributed by atoms with Gasteiger partial charge in [0.05, 0.1) is 12.5 Å². The van der Waals surface area contributed by atoms with Gasteiger partial charge in [-0.25, -0.2) is 4.79 Å². The first-order valence-corrected chi connectivity index (χ1v) is 11.6. The van der Waals surface area contributed by atoms with Crippen LogP contribution < -0.4 is 16.4 Å². The zero-order valence-electron chi connectivity index (χ0n) is 20.0. The number of likely N-dealkylation sites (tertiary alicyclic amines) is 1. The number of carboxylic acid groups (broad SMARTS) is 2. The molecular weight excluding hydrogens is 456 g/mol. The first kappa shape index (κ1) is 27.8. The van der Waals surface area contributed by atoms with Crippen LogP contribution in [0.5, 0.6) is 0 Å². The zero-order valence-corrected chi connectivity index (χ0v) is 20.0. The van der Waals surface area contributed by atoms with E-state index in [4.69, 9.17) is 10.8 Å². The van der Waals surface area contributed by atoms with Gasteiger partial charge in [0.1, 0.15) is 18.1 Å². The van der Waals surface area contributed by atoms with Crippen LogP contribution in [0.4, 0.5) is 0 Å². The van der Waals surface area contributed by atoms with Crippen LogP contribution in [0.25, 0.3) is 0 Å². The average Bonchev–Trinajstić information content (AvgIpc) is 3.27. The molecule has 1 aliphatic heterocycles. The van der Waals surface area contributed by atoms with Gasteiger partial charge in [-0.15, -0.1) is 0 Å². The Morgan fingerprint density at radius 3 is 2.29 bits per heavy atom. The minimum Gasteiger partial charge on any atom is -0.481 e. The van der Waals surface area contributed by atoms with Crippen molar-refractivity contribution in [1.82, 2.24) is 15.5 Å². The van der Waals surface area contributed by atoms with Crippen molar-refractivity contribution in [2.75, 3.05) is 6.54 Å². The number of benzene rings is 1. The lowest BCUT2D eigenvalue weighted by Crippen LogP contribution is -2.57. The third-order valence-electron chi connectivity index (χ3n) is 5.79. The van der Waals surface area contributed by atoms with Gasteiger partial charge in [0.2, 0.25) is 17.7 Å². The molecule has 0 aliphatic carbocycles. The fourth-order valence-electron chi connectivity index (χ4n) is 4.07. The van der Waals surface area contributed by atoms with Gasteiger partial charge in [-0.3, -0.25) is 19.2 Å². The number of carbonyl (C=O) groups is 5. The third-order valence-corrected chi connectivity index (χ3v) is 5.79. The van der Waals surface area contributed by atoms with Gasteiger partial charge in [-0.1, -0.05) is 44.2 Å². The Bertz CT molecular complexity index is 922. The molecule has 0 radical (unpaired) electrons. The summed E-state index contributed by atoms with van der Waals surface area (Å²) in [6.45, 7) is 4.00. The Kier molecular flexibility index (Phi) is 10.2. The van der Waals surface area contributed by atoms with Crippen molar-refractivity contribution in [3.63, 3.8) is 0 Å². The Labute approximate surface area is 204 Å². The van der Waals surface area contributed by atoms with Crippen LogP contribution in [0.15, 0.2) is 30.3 Å². The molecule has 0 saturated carbocycles. The number of rotatable bonds is 12. The van der Waals surface area contributed by atoms with Gasteiger partial charge in [0, 0.05) is 13.0 Å². The Balaban J connectivity index is 2.12. The zero-order chi connectivity index (χ0) is 26.1. The van der Waals surface area contributed by atoms with Crippen molar-refractivity contribution < 1.29 is 34.2 Å². The van der Waals surface area contributed by atoms with Crippen LogP contribution in [-0.2, 0) is 30.4 Å². The number of nitrogens with two attached hydrogens (primary N) is 1. The Hall–Kier alpha value is -3.47. The maximum atomic E-state index is 13.3. The molecule has 3 amide bonds. The van der Waals surface area contributed by atoms with Crippen molar-refractivity contribution in [1.29, 1.82) is 0 Å². The molecule has 1 aromatic rings. The van der Waals surface area contributed by atoms with E-state index in [1.165, 1.54) is 4.90 Å². The molecule has 11 heteroatoms. The third kappa shape index (κ3) is 8.36. The number of carboxylic acids is 2. The van der Waals surface area contributed by atoms with E-state index in [1.54, 1.807) is 30.3 Å². The largest absolute Gasteiger partial charge is 0.481 e. The molecule has 1 fully saturated rings. The molecule has 1 aliphatic rings. The molecule has 4 atom stereocenters. The highest BCUT2D eigenvalue weighted by Crippen LogP contribution is 2.21. The summed E-state index contributed by atoms with van der Waals surface area (Å²) < 4.78 is 0. The maximum Gasteiger partial charge on any atom is 0.326 e. The summed E-state index contributed by atoms with van der Waals surface area (Å²) in [5, 5.41) is 23.6. The van der Waals surface area contributed by atoms with E-state index in [2.05, 4.69) is 10.6 Å². The van der Waals surface area contributed by atoms with Gasteiger partial charge in [0.25, 0.3) is 0 Å². The lowest BCUT2D eigenvalue weighted by Gasteiger charge is -2.30. The van der Waals surface area contributed by atoms with E-state index in [9.17, 15) is 29.1 Å². The van der Waals surface area contributed by atoms with Gasteiger partial charge < -0.3 is 31.5 Å². The van der Waals surface area contributed by atoms with Crippen molar-refractivity contribution >= 4 is 29.7 Å². The molecule has 0 aromatic heterocycles. The number of hydrogen-bond acceptors (Lipinski definition) is 6. The fourth-order valence-corrected chi connectivity index (χ4v) is 4.07. The number of nitrogens with zero attached hydrogens (tertiary/aromatic N) is 1. The maximum absolute atomic E-state index is 13.3. The normalized spacial score (nSPS) is 17.9. The second kappa shape index (κ2) is 12.8. The predicted molar refractivity (Wildman–Crippen MR) is 126 cm³/mol. The lowest BCUT2D eigenvalue weighted by molar-refractivity contribution is -0.145. The van der Waals surface area contributed by atoms with Gasteiger partial charge >= 0.3 is 11.9 Å². The molecule has 11 nitrogen and oxygen atoms in total. The monoisotopic (exact) mass is 490 g/mol. The van der Waals surface area contributed by atoms with Crippen LogP contribution in [0.2, 0.25) is 0 Å². The van der Waals surface area contributed by atoms with Crippen molar-refractivity contribution in [2.24, 2.45) is 11.7 Å². The van der Waals surface area contributed by atoms with Gasteiger partial charge in [-0.2, -0.15) is 0 Å². The topological polar surface area (TPSA) is 179 Å². The van der Waals surface area contributed by atoms with Crippen LogP contribution in [0.3, 0.4) is 0 Å². The quantitative estimate of drug-likeness (QED) is 0.274. The predicted octanol–water partition coefficient (Wildman–Crippen LogP) is 0.122.